The number of alkyl halides is 3. The lowest BCUT2D eigenvalue weighted by Gasteiger charge is -2.09. The Balaban J connectivity index is 1.75. The minimum absolute atomic E-state index is 0.0349. The van der Waals surface area contributed by atoms with Crippen molar-refractivity contribution in [3.8, 4) is 0 Å². The fourth-order valence-corrected chi connectivity index (χ4v) is 2.93. The van der Waals surface area contributed by atoms with Gasteiger partial charge in [-0.25, -0.2) is 0 Å². The maximum Gasteiger partial charge on any atom is 0.416 e. The molecule has 1 amide bonds. The fraction of sp³-hybridized carbons (Fsp3) is 0.235. The van der Waals surface area contributed by atoms with Crippen LogP contribution in [0, 0.1) is 10.1 Å². The van der Waals surface area contributed by atoms with Gasteiger partial charge in [-0.3, -0.25) is 14.9 Å². The third-order valence-electron chi connectivity index (χ3n) is 3.39. The molecule has 0 saturated heterocycles. The van der Waals surface area contributed by atoms with E-state index in [4.69, 9.17) is 0 Å². The van der Waals surface area contributed by atoms with E-state index < -0.39 is 16.7 Å². The number of nitrogens with one attached hydrogen (secondary N) is 2. The standard InChI is InChI=1S/C17H16F3N3O3S/c18-17(19,20)12-4-3-5-13(10-12)27-11-16(24)22-9-8-21-14-6-1-2-7-15(14)23(25)26/h1-7,10,21H,8-9,11H2,(H,22,24). The number of hydrogen-bond donors (Lipinski definition) is 2. The Hall–Kier alpha value is -2.75. The molecule has 27 heavy (non-hydrogen) atoms. The van der Waals surface area contributed by atoms with Crippen LogP contribution in [0.1, 0.15) is 5.56 Å². The van der Waals surface area contributed by atoms with Crippen molar-refractivity contribution >= 4 is 29.0 Å². The van der Waals surface area contributed by atoms with Crippen LogP contribution in [0.2, 0.25) is 0 Å². The van der Waals surface area contributed by atoms with Gasteiger partial charge in [0.1, 0.15) is 5.69 Å². The number of nitro groups is 1. The van der Waals surface area contributed by atoms with Gasteiger partial charge in [-0.1, -0.05) is 18.2 Å². The van der Waals surface area contributed by atoms with Crippen molar-refractivity contribution in [2.45, 2.75) is 11.1 Å². The molecule has 0 bridgehead atoms. The van der Waals surface area contributed by atoms with Gasteiger partial charge in [-0.2, -0.15) is 13.2 Å². The van der Waals surface area contributed by atoms with Crippen LogP contribution in [0.4, 0.5) is 24.5 Å². The Bertz CT molecular complexity index is 815. The van der Waals surface area contributed by atoms with Crippen molar-refractivity contribution in [1.29, 1.82) is 0 Å². The average molecular weight is 399 g/mol. The predicted octanol–water partition coefficient (Wildman–Crippen LogP) is 3.93. The summed E-state index contributed by atoms with van der Waals surface area (Å²) in [7, 11) is 0. The highest BCUT2D eigenvalue weighted by molar-refractivity contribution is 8.00. The quantitative estimate of drug-likeness (QED) is 0.304. The number of halogens is 3. The lowest BCUT2D eigenvalue weighted by Crippen LogP contribution is -2.30. The first-order valence-electron chi connectivity index (χ1n) is 7.81. The second kappa shape index (κ2) is 9.26. The van der Waals surface area contributed by atoms with E-state index in [0.717, 1.165) is 23.9 Å². The van der Waals surface area contributed by atoms with Crippen molar-refractivity contribution in [3.63, 3.8) is 0 Å². The lowest BCUT2D eigenvalue weighted by molar-refractivity contribution is -0.384. The van der Waals surface area contributed by atoms with Crippen LogP contribution in [-0.2, 0) is 11.0 Å². The maximum atomic E-state index is 12.7. The second-order valence-electron chi connectivity index (χ2n) is 5.37. The van der Waals surface area contributed by atoms with Crippen LogP contribution in [0.3, 0.4) is 0 Å². The summed E-state index contributed by atoms with van der Waals surface area (Å²) < 4.78 is 38.0. The van der Waals surface area contributed by atoms with Crippen LogP contribution in [0.5, 0.6) is 0 Å². The van der Waals surface area contributed by atoms with E-state index in [1.807, 2.05) is 0 Å². The zero-order chi connectivity index (χ0) is 19.9. The number of amides is 1. The Morgan fingerprint density at radius 3 is 2.56 bits per heavy atom. The SMILES string of the molecule is O=C(CSc1cccc(C(F)(F)F)c1)NCCNc1ccccc1[N+](=O)[O-]. The molecule has 0 heterocycles. The number of hydrogen-bond acceptors (Lipinski definition) is 5. The number of carbonyl (C=O) groups is 1. The highest BCUT2D eigenvalue weighted by Gasteiger charge is 2.30. The Morgan fingerprint density at radius 2 is 1.85 bits per heavy atom. The molecule has 0 atom stereocenters. The number of benzene rings is 2. The fourth-order valence-electron chi connectivity index (χ4n) is 2.14. The van der Waals surface area contributed by atoms with Gasteiger partial charge in [0.2, 0.25) is 5.91 Å². The van der Waals surface area contributed by atoms with Gasteiger partial charge in [0.15, 0.2) is 0 Å². The first-order valence-corrected chi connectivity index (χ1v) is 8.80. The average Bonchev–Trinajstić information content (AvgIpc) is 2.63. The van der Waals surface area contributed by atoms with Crippen LogP contribution in [0.15, 0.2) is 53.4 Å². The van der Waals surface area contributed by atoms with E-state index in [1.165, 1.54) is 18.2 Å². The molecule has 10 heteroatoms. The van der Waals surface area contributed by atoms with Gasteiger partial charge < -0.3 is 10.6 Å². The molecule has 0 radical (unpaired) electrons. The van der Waals surface area contributed by atoms with E-state index in [2.05, 4.69) is 10.6 Å². The van der Waals surface area contributed by atoms with Gasteiger partial charge in [0, 0.05) is 24.1 Å². The first kappa shape index (κ1) is 20.6. The topological polar surface area (TPSA) is 84.3 Å². The summed E-state index contributed by atoms with van der Waals surface area (Å²) in [6.45, 7) is 0.485. The third-order valence-corrected chi connectivity index (χ3v) is 4.39. The molecule has 0 aromatic heterocycles. The van der Waals surface area contributed by atoms with Crippen molar-refractivity contribution in [2.24, 2.45) is 0 Å². The maximum absolute atomic E-state index is 12.7. The molecule has 2 N–H and O–H groups in total. The predicted molar refractivity (Wildman–Crippen MR) is 96.8 cm³/mol. The lowest BCUT2D eigenvalue weighted by atomic mass is 10.2. The van der Waals surface area contributed by atoms with Crippen LogP contribution in [0.25, 0.3) is 0 Å². The molecule has 144 valence electrons. The van der Waals surface area contributed by atoms with Crippen LogP contribution >= 0.6 is 11.8 Å². The van der Waals surface area contributed by atoms with E-state index in [0.29, 0.717) is 10.6 Å². The largest absolute Gasteiger partial charge is 0.416 e. The van der Waals surface area contributed by atoms with Crippen LogP contribution in [-0.4, -0.2) is 29.7 Å². The van der Waals surface area contributed by atoms with Gasteiger partial charge in [0.05, 0.1) is 16.2 Å². The molecule has 0 unspecified atom stereocenters. The van der Waals surface area contributed by atoms with Crippen LogP contribution < -0.4 is 10.6 Å². The van der Waals surface area contributed by atoms with Crippen molar-refractivity contribution < 1.29 is 22.9 Å². The van der Waals surface area contributed by atoms with Crippen molar-refractivity contribution in [2.75, 3.05) is 24.2 Å². The number of nitro benzene ring substituents is 1. The van der Waals surface area contributed by atoms with Gasteiger partial charge >= 0.3 is 6.18 Å². The molecule has 0 aliphatic rings. The highest BCUT2D eigenvalue weighted by Crippen LogP contribution is 2.31. The van der Waals surface area contributed by atoms with E-state index in [-0.39, 0.29) is 30.4 Å². The Kier molecular flexibility index (Phi) is 7.05. The summed E-state index contributed by atoms with van der Waals surface area (Å²) in [6.07, 6.45) is -4.43. The molecular formula is C17H16F3N3O3S. The number of carbonyl (C=O) groups excluding carboxylic acids is 1. The number of rotatable bonds is 8. The summed E-state index contributed by atoms with van der Waals surface area (Å²) in [5.41, 5.74) is -0.486. The first-order chi connectivity index (χ1) is 12.8. The number of thioether (sulfide) groups is 1. The minimum Gasteiger partial charge on any atom is -0.378 e. The zero-order valence-corrected chi connectivity index (χ0v) is 14.8. The van der Waals surface area contributed by atoms with Gasteiger partial charge in [-0.15, -0.1) is 11.8 Å². The van der Waals surface area contributed by atoms with E-state index in [9.17, 15) is 28.1 Å². The molecule has 2 aromatic carbocycles. The monoisotopic (exact) mass is 399 g/mol. The summed E-state index contributed by atoms with van der Waals surface area (Å²) in [5.74, 6) is -0.381. The smallest absolute Gasteiger partial charge is 0.378 e. The third kappa shape index (κ3) is 6.48. The second-order valence-corrected chi connectivity index (χ2v) is 6.41. The Morgan fingerprint density at radius 1 is 1.11 bits per heavy atom. The van der Waals surface area contributed by atoms with Crippen molar-refractivity contribution in [1.82, 2.24) is 5.32 Å². The van der Waals surface area contributed by atoms with Gasteiger partial charge in [-0.05, 0) is 24.3 Å². The molecular weight excluding hydrogens is 383 g/mol. The minimum atomic E-state index is -4.43. The molecule has 0 aliphatic heterocycles. The van der Waals surface area contributed by atoms with E-state index in [1.54, 1.807) is 18.2 Å². The number of para-hydroxylation sites is 2. The van der Waals surface area contributed by atoms with Gasteiger partial charge in [0.25, 0.3) is 5.69 Å². The molecule has 0 aliphatic carbocycles. The summed E-state index contributed by atoms with van der Waals surface area (Å²) in [6, 6.07) is 10.9. The zero-order valence-electron chi connectivity index (χ0n) is 14.0. The van der Waals surface area contributed by atoms with Crippen molar-refractivity contribution in [3.05, 3.63) is 64.2 Å². The number of anilines is 1. The molecule has 2 aromatic rings. The van der Waals surface area contributed by atoms with E-state index >= 15 is 0 Å². The summed E-state index contributed by atoms with van der Waals surface area (Å²) in [5, 5.41) is 16.4. The summed E-state index contributed by atoms with van der Waals surface area (Å²) in [4.78, 5) is 22.5. The molecule has 0 fully saturated rings. The highest BCUT2D eigenvalue weighted by atomic mass is 32.2. The number of nitrogens with zero attached hydrogens (tertiary/aromatic N) is 1. The normalized spacial score (nSPS) is 11.1. The molecule has 6 nitrogen and oxygen atoms in total. The molecule has 0 spiro atoms. The summed E-state index contributed by atoms with van der Waals surface area (Å²) >= 11 is 0.998. The molecule has 0 saturated carbocycles. The molecule has 2 rings (SSSR count). The Labute approximate surface area is 157 Å².